The summed E-state index contributed by atoms with van der Waals surface area (Å²) in [6.45, 7) is 0. The van der Waals surface area contributed by atoms with Crippen LogP contribution in [0.5, 0.6) is 0 Å². The molecule has 0 amide bonds. The van der Waals surface area contributed by atoms with Crippen molar-refractivity contribution in [3.8, 4) is 79.2 Å². The highest BCUT2D eigenvalue weighted by molar-refractivity contribution is 8.05. The van der Waals surface area contributed by atoms with Gasteiger partial charge in [0.1, 0.15) is 0 Å². The molecule has 0 spiro atoms. The van der Waals surface area contributed by atoms with Gasteiger partial charge in [0.25, 0.3) is 0 Å². The van der Waals surface area contributed by atoms with Gasteiger partial charge in [-0.25, -0.2) is 24.9 Å². The van der Waals surface area contributed by atoms with Crippen molar-refractivity contribution in [2.45, 2.75) is 19.6 Å². The van der Waals surface area contributed by atoms with Crippen LogP contribution in [0, 0.1) is 0 Å². The van der Waals surface area contributed by atoms with Crippen molar-refractivity contribution >= 4 is 34.3 Å². The molecular formula is C53H33N5S2. The Balaban J connectivity index is 0.968. The molecule has 1 aliphatic rings. The fourth-order valence-corrected chi connectivity index (χ4v) is 9.83. The maximum atomic E-state index is 5.18. The third kappa shape index (κ3) is 7.15. The number of hydrogen-bond donors (Lipinski definition) is 0. The van der Waals surface area contributed by atoms with Crippen molar-refractivity contribution in [3.63, 3.8) is 0 Å². The lowest BCUT2D eigenvalue weighted by Gasteiger charge is -2.20. The maximum absolute atomic E-state index is 5.18. The predicted octanol–water partition coefficient (Wildman–Crippen LogP) is 14.1. The number of hydrogen-bond acceptors (Lipinski definition) is 7. The quantitative estimate of drug-likeness (QED) is 0.159. The summed E-state index contributed by atoms with van der Waals surface area (Å²) in [5.41, 5.74) is 9.64. The first-order valence-electron chi connectivity index (χ1n) is 19.7. The van der Waals surface area contributed by atoms with Crippen molar-refractivity contribution in [1.82, 2.24) is 24.9 Å². The van der Waals surface area contributed by atoms with Crippen molar-refractivity contribution in [2.24, 2.45) is 0 Å². The largest absolute Gasteiger partial charge is 0.228 e. The van der Waals surface area contributed by atoms with Gasteiger partial charge in [-0.2, -0.15) is 0 Å². The first-order chi connectivity index (χ1) is 29.7. The van der Waals surface area contributed by atoms with Crippen LogP contribution in [0.1, 0.15) is 0 Å². The van der Waals surface area contributed by atoms with Gasteiger partial charge >= 0.3 is 0 Å². The monoisotopic (exact) mass is 803 g/mol. The van der Waals surface area contributed by atoms with Gasteiger partial charge in [0.2, 0.25) is 0 Å². The zero-order valence-corrected chi connectivity index (χ0v) is 33.7. The van der Waals surface area contributed by atoms with Gasteiger partial charge in [0.05, 0.1) is 11.4 Å². The van der Waals surface area contributed by atoms with E-state index in [0.29, 0.717) is 23.3 Å². The molecule has 0 aliphatic carbocycles. The average molecular weight is 804 g/mol. The second-order valence-electron chi connectivity index (χ2n) is 14.5. The molecule has 5 nitrogen and oxygen atoms in total. The van der Waals surface area contributed by atoms with E-state index in [0.717, 1.165) is 55.9 Å². The van der Waals surface area contributed by atoms with E-state index in [4.69, 9.17) is 24.9 Å². The molecule has 0 bridgehead atoms. The van der Waals surface area contributed by atoms with Crippen LogP contribution < -0.4 is 0 Å². The van der Waals surface area contributed by atoms with Crippen LogP contribution in [-0.4, -0.2) is 24.9 Å². The highest BCUT2D eigenvalue weighted by Crippen LogP contribution is 2.50. The van der Waals surface area contributed by atoms with Crippen molar-refractivity contribution < 1.29 is 0 Å². The van der Waals surface area contributed by atoms with Crippen LogP contribution in [0.2, 0.25) is 0 Å². The Bertz CT molecular complexity index is 3150. The van der Waals surface area contributed by atoms with E-state index in [2.05, 4.69) is 121 Å². The summed E-state index contributed by atoms with van der Waals surface area (Å²) in [5.74, 6) is 2.57. The van der Waals surface area contributed by atoms with Gasteiger partial charge in [-0.05, 0) is 64.4 Å². The van der Waals surface area contributed by atoms with Gasteiger partial charge in [-0.1, -0.05) is 181 Å². The Kier molecular flexibility index (Phi) is 9.30. The fourth-order valence-electron chi connectivity index (χ4n) is 7.52. The standard InChI is InChI=1S/C53H33N5S2/c1-4-14-34(15-5-1)50-54-44(33-45(55-50)42-26-27-46-47(32-42)60-49-31-40-21-11-10-20-39(40)30-48(49)59-46)41-24-12-22-37(28-41)38-23-13-25-43(29-38)53-57-51(35-16-6-2-7-17-35)56-52(58-53)36-18-8-3-9-19-36/h1-33H. The maximum Gasteiger partial charge on any atom is 0.164 e. The molecule has 282 valence electrons. The van der Waals surface area contributed by atoms with Crippen molar-refractivity contribution in [2.75, 3.05) is 0 Å². The van der Waals surface area contributed by atoms with E-state index in [-0.39, 0.29) is 0 Å². The molecule has 3 heterocycles. The molecule has 0 unspecified atom stereocenters. The number of aromatic nitrogens is 5. The number of benzene rings is 8. The van der Waals surface area contributed by atoms with E-state index in [1.165, 1.54) is 30.4 Å². The highest BCUT2D eigenvalue weighted by atomic mass is 32.2. The van der Waals surface area contributed by atoms with Crippen molar-refractivity contribution in [3.05, 3.63) is 200 Å². The molecule has 0 radical (unpaired) electrons. The second-order valence-corrected chi connectivity index (χ2v) is 16.7. The first kappa shape index (κ1) is 35.9. The third-order valence-corrected chi connectivity index (χ3v) is 13.1. The third-order valence-electron chi connectivity index (χ3n) is 10.6. The summed E-state index contributed by atoms with van der Waals surface area (Å²) in [6.07, 6.45) is 0. The minimum Gasteiger partial charge on any atom is -0.228 e. The molecule has 8 aromatic carbocycles. The smallest absolute Gasteiger partial charge is 0.164 e. The van der Waals surface area contributed by atoms with E-state index in [1.54, 1.807) is 0 Å². The minimum absolute atomic E-state index is 0.618. The molecule has 2 aromatic heterocycles. The second kappa shape index (κ2) is 15.5. The molecule has 10 aromatic rings. The van der Waals surface area contributed by atoms with E-state index < -0.39 is 0 Å². The van der Waals surface area contributed by atoms with Crippen LogP contribution in [0.3, 0.4) is 0 Å². The normalized spacial score (nSPS) is 11.9. The Hall–Kier alpha value is -7.19. The van der Waals surface area contributed by atoms with Crippen molar-refractivity contribution in [1.29, 1.82) is 0 Å². The van der Waals surface area contributed by atoms with Crippen LogP contribution in [0.15, 0.2) is 220 Å². The molecule has 60 heavy (non-hydrogen) atoms. The van der Waals surface area contributed by atoms with Gasteiger partial charge in [-0.3, -0.25) is 0 Å². The number of nitrogens with zero attached hydrogens (tertiary/aromatic N) is 5. The predicted molar refractivity (Wildman–Crippen MR) is 246 cm³/mol. The summed E-state index contributed by atoms with van der Waals surface area (Å²) < 4.78 is 0. The lowest BCUT2D eigenvalue weighted by atomic mass is 9.99. The average Bonchev–Trinajstić information content (AvgIpc) is 3.33. The fraction of sp³-hybridized carbons (Fsp3) is 0. The zero-order chi connectivity index (χ0) is 39.8. The lowest BCUT2D eigenvalue weighted by molar-refractivity contribution is 1.07. The summed E-state index contributed by atoms with van der Waals surface area (Å²) in [4.78, 5) is 30.3. The minimum atomic E-state index is 0.618. The van der Waals surface area contributed by atoms with E-state index in [9.17, 15) is 0 Å². The van der Waals surface area contributed by atoms with E-state index in [1.807, 2.05) is 102 Å². The van der Waals surface area contributed by atoms with Gasteiger partial charge < -0.3 is 0 Å². The van der Waals surface area contributed by atoms with Gasteiger partial charge in [0.15, 0.2) is 23.3 Å². The summed E-state index contributed by atoms with van der Waals surface area (Å²) in [7, 11) is 0. The molecule has 1 aliphatic heterocycles. The highest BCUT2D eigenvalue weighted by Gasteiger charge is 2.20. The van der Waals surface area contributed by atoms with E-state index >= 15 is 0 Å². The molecule has 0 saturated carbocycles. The van der Waals surface area contributed by atoms with Crippen LogP contribution in [-0.2, 0) is 0 Å². The number of rotatable bonds is 7. The Morgan fingerprint density at radius 2 is 0.617 bits per heavy atom. The topological polar surface area (TPSA) is 64.5 Å². The first-order valence-corrected chi connectivity index (χ1v) is 21.4. The zero-order valence-electron chi connectivity index (χ0n) is 32.1. The SMILES string of the molecule is c1ccc(-c2nc(-c3cccc(-c4cccc(-c5nc(-c6ccccc6)nc(-c6ccccc6)n5)c4)c3)cc(-c3ccc4c(c3)Sc3cc5ccccc5cc3S4)n2)cc1. The van der Waals surface area contributed by atoms with Crippen LogP contribution >= 0.6 is 23.5 Å². The molecule has 0 atom stereocenters. The summed E-state index contributed by atoms with van der Waals surface area (Å²) in [5, 5.41) is 2.52. The van der Waals surface area contributed by atoms with Crippen LogP contribution in [0.4, 0.5) is 0 Å². The molecule has 0 saturated heterocycles. The lowest BCUT2D eigenvalue weighted by Crippen LogP contribution is -2.00. The Morgan fingerprint density at radius 1 is 0.233 bits per heavy atom. The molecule has 0 N–H and O–H groups in total. The molecule has 11 rings (SSSR count). The number of fused-ring (bicyclic) bond motifs is 3. The summed E-state index contributed by atoms with van der Waals surface area (Å²) in [6, 6.07) is 69.3. The molecule has 7 heteroatoms. The van der Waals surface area contributed by atoms with Gasteiger partial charge in [0, 0.05) is 53.0 Å². The Labute approximate surface area is 356 Å². The van der Waals surface area contributed by atoms with Gasteiger partial charge in [-0.15, -0.1) is 0 Å². The summed E-state index contributed by atoms with van der Waals surface area (Å²) >= 11 is 3.66. The Morgan fingerprint density at radius 3 is 1.17 bits per heavy atom. The molecular weight excluding hydrogens is 771 g/mol. The van der Waals surface area contributed by atoms with Crippen LogP contribution in [0.25, 0.3) is 90.0 Å². The molecule has 0 fully saturated rings.